The first-order chi connectivity index (χ1) is 18.9. The monoisotopic (exact) mass is 564 g/mol. The molecule has 2 aromatic carbocycles. The van der Waals surface area contributed by atoms with Gasteiger partial charge in [0, 0.05) is 27.4 Å². The van der Waals surface area contributed by atoms with Gasteiger partial charge >= 0.3 is 5.97 Å². The van der Waals surface area contributed by atoms with Crippen LogP contribution in [0.3, 0.4) is 0 Å². The molecule has 1 heterocycles. The maximum atomic E-state index is 13.4. The number of rotatable bonds is 10. The Kier molecular flexibility index (Phi) is 10.2. The van der Waals surface area contributed by atoms with E-state index in [4.69, 9.17) is 4.74 Å². The Morgan fingerprint density at radius 3 is 2.46 bits per heavy atom. The quantitative estimate of drug-likeness (QED) is 0.193. The topological polar surface area (TPSA) is 84.5 Å². The summed E-state index contributed by atoms with van der Waals surface area (Å²) in [7, 11) is 0. The molecule has 1 atom stereocenters. The van der Waals surface area contributed by atoms with E-state index in [9.17, 15) is 14.4 Å². The van der Waals surface area contributed by atoms with Crippen LogP contribution in [-0.2, 0) is 14.3 Å². The lowest BCUT2D eigenvalue weighted by Gasteiger charge is -2.21. The molecular formula is C31H36N2O4S2. The Balaban J connectivity index is 1.48. The summed E-state index contributed by atoms with van der Waals surface area (Å²) < 4.78 is 5.34. The van der Waals surface area contributed by atoms with Crippen molar-refractivity contribution in [2.45, 2.75) is 69.4 Å². The summed E-state index contributed by atoms with van der Waals surface area (Å²) in [6.07, 6.45) is 5.91. The van der Waals surface area contributed by atoms with Crippen LogP contribution in [0.5, 0.6) is 0 Å². The lowest BCUT2D eigenvalue weighted by atomic mass is 9.88. The number of thiophene rings is 1. The van der Waals surface area contributed by atoms with Gasteiger partial charge in [-0.2, -0.15) is 0 Å². The number of esters is 1. The zero-order chi connectivity index (χ0) is 27.8. The average molecular weight is 565 g/mol. The molecule has 206 valence electrons. The lowest BCUT2D eigenvalue weighted by Crippen LogP contribution is -2.25. The summed E-state index contributed by atoms with van der Waals surface area (Å²) in [5.41, 5.74) is 3.90. The fourth-order valence-corrected chi connectivity index (χ4v) is 6.71. The van der Waals surface area contributed by atoms with E-state index in [1.54, 1.807) is 6.92 Å². The number of aryl methyl sites for hydroxylation is 1. The minimum Gasteiger partial charge on any atom is -0.462 e. The normalized spacial score (nSPS) is 14.4. The van der Waals surface area contributed by atoms with E-state index in [1.165, 1.54) is 29.5 Å². The van der Waals surface area contributed by atoms with Gasteiger partial charge in [0.15, 0.2) is 0 Å². The van der Waals surface area contributed by atoms with E-state index in [1.807, 2.05) is 67.8 Å². The molecular weight excluding hydrogens is 528 g/mol. The fraction of sp³-hybridized carbons (Fsp3) is 0.387. The zero-order valence-corrected chi connectivity index (χ0v) is 24.4. The number of benzene rings is 2. The lowest BCUT2D eigenvalue weighted by molar-refractivity contribution is -0.120. The van der Waals surface area contributed by atoms with Crippen LogP contribution in [0.4, 0.5) is 10.7 Å². The second-order valence-electron chi connectivity index (χ2n) is 9.80. The van der Waals surface area contributed by atoms with Gasteiger partial charge in [0.2, 0.25) is 11.8 Å². The van der Waals surface area contributed by atoms with Crippen molar-refractivity contribution < 1.29 is 19.1 Å². The van der Waals surface area contributed by atoms with Crippen LogP contribution < -0.4 is 10.6 Å². The minimum atomic E-state index is -0.452. The third-order valence-electron chi connectivity index (χ3n) is 6.89. The van der Waals surface area contributed by atoms with Crippen LogP contribution in [0.2, 0.25) is 0 Å². The number of carbonyl (C=O) groups excluding carboxylic acids is 3. The number of ether oxygens (including phenoxy) is 1. The van der Waals surface area contributed by atoms with Gasteiger partial charge in [-0.15, -0.1) is 23.1 Å². The molecule has 1 aliphatic carbocycles. The summed E-state index contributed by atoms with van der Waals surface area (Å²) in [5.74, 6) is -0.475. The van der Waals surface area contributed by atoms with Gasteiger partial charge in [0.1, 0.15) is 10.6 Å². The first kappa shape index (κ1) is 28.9. The summed E-state index contributed by atoms with van der Waals surface area (Å²) in [6.45, 7) is 5.99. The van der Waals surface area contributed by atoms with E-state index in [2.05, 4.69) is 10.6 Å². The molecule has 1 aliphatic rings. The number of nitrogens with one attached hydrogen (secondary N) is 2. The van der Waals surface area contributed by atoms with Crippen molar-refractivity contribution in [1.29, 1.82) is 0 Å². The molecule has 6 nitrogen and oxygen atoms in total. The van der Waals surface area contributed by atoms with Gasteiger partial charge in [-0.25, -0.2) is 4.79 Å². The standard InChI is InChI=1S/C31H36N2O4S2/c1-4-26(39-24-13-9-12-23(18-24)32-28(34)22-10-7-6-8-11-22)29(35)33-30-27(31(36)37-5-2)25(19-38-30)21-16-14-20(3)15-17-21/h9,12-19,22,26H,4-8,10-11H2,1-3H3,(H,32,34)(H,33,35). The van der Waals surface area contributed by atoms with Crippen molar-refractivity contribution in [3.63, 3.8) is 0 Å². The van der Waals surface area contributed by atoms with Crippen LogP contribution in [0, 0.1) is 12.8 Å². The SMILES string of the molecule is CCOC(=O)c1c(-c2ccc(C)cc2)csc1NC(=O)C(CC)Sc1cccc(NC(=O)C2CCCCC2)c1. The second kappa shape index (κ2) is 13.8. The number of hydrogen-bond donors (Lipinski definition) is 2. The highest BCUT2D eigenvalue weighted by Crippen LogP contribution is 2.37. The third-order valence-corrected chi connectivity index (χ3v) is 9.14. The van der Waals surface area contributed by atoms with Crippen LogP contribution >= 0.6 is 23.1 Å². The van der Waals surface area contributed by atoms with Gasteiger partial charge < -0.3 is 15.4 Å². The van der Waals surface area contributed by atoms with Gasteiger partial charge in [0.05, 0.1) is 11.9 Å². The molecule has 1 unspecified atom stereocenters. The Bertz CT molecular complexity index is 1300. The van der Waals surface area contributed by atoms with Crippen LogP contribution in [0.1, 0.15) is 68.3 Å². The van der Waals surface area contributed by atoms with Gasteiger partial charge in [0.25, 0.3) is 0 Å². The van der Waals surface area contributed by atoms with E-state index in [-0.39, 0.29) is 29.6 Å². The van der Waals surface area contributed by atoms with Crippen molar-refractivity contribution in [1.82, 2.24) is 0 Å². The predicted octanol–water partition coefficient (Wildman–Crippen LogP) is 7.93. The van der Waals surface area contributed by atoms with Crippen molar-refractivity contribution in [2.24, 2.45) is 5.92 Å². The number of amides is 2. The highest BCUT2D eigenvalue weighted by atomic mass is 32.2. The Labute approximate surface area is 238 Å². The fourth-order valence-electron chi connectivity index (χ4n) is 4.74. The molecule has 1 saturated carbocycles. The molecule has 39 heavy (non-hydrogen) atoms. The van der Waals surface area contributed by atoms with Gasteiger partial charge in [-0.1, -0.05) is 62.1 Å². The Morgan fingerprint density at radius 1 is 1.03 bits per heavy atom. The largest absolute Gasteiger partial charge is 0.462 e. The third kappa shape index (κ3) is 7.51. The maximum absolute atomic E-state index is 13.4. The highest BCUT2D eigenvalue weighted by Gasteiger charge is 2.26. The van der Waals surface area contributed by atoms with E-state index in [0.29, 0.717) is 17.0 Å². The van der Waals surface area contributed by atoms with Crippen LogP contribution in [0.15, 0.2) is 58.8 Å². The number of hydrogen-bond acceptors (Lipinski definition) is 6. The van der Waals surface area contributed by atoms with E-state index >= 15 is 0 Å². The minimum absolute atomic E-state index is 0.0772. The highest BCUT2D eigenvalue weighted by molar-refractivity contribution is 8.00. The number of thioether (sulfide) groups is 1. The van der Waals surface area contributed by atoms with E-state index in [0.717, 1.165) is 53.0 Å². The van der Waals surface area contributed by atoms with Crippen molar-refractivity contribution in [2.75, 3.05) is 17.2 Å². The van der Waals surface area contributed by atoms with E-state index < -0.39 is 5.97 Å². The molecule has 2 amide bonds. The smallest absolute Gasteiger partial charge is 0.341 e. The summed E-state index contributed by atoms with van der Waals surface area (Å²) in [4.78, 5) is 39.9. The van der Waals surface area contributed by atoms with Crippen molar-refractivity contribution in [3.05, 3.63) is 65.0 Å². The molecule has 4 rings (SSSR count). The molecule has 0 aliphatic heterocycles. The zero-order valence-electron chi connectivity index (χ0n) is 22.8. The Morgan fingerprint density at radius 2 is 1.77 bits per heavy atom. The molecule has 8 heteroatoms. The molecule has 3 aromatic rings. The average Bonchev–Trinajstić information content (AvgIpc) is 3.36. The van der Waals surface area contributed by atoms with Gasteiger partial charge in [-0.05, 0) is 56.9 Å². The summed E-state index contributed by atoms with van der Waals surface area (Å²) >= 11 is 2.77. The Hall–Kier alpha value is -3.10. The summed E-state index contributed by atoms with van der Waals surface area (Å²) in [5, 5.41) is 8.06. The predicted molar refractivity (Wildman–Crippen MR) is 161 cm³/mol. The second-order valence-corrected chi connectivity index (χ2v) is 12.0. The van der Waals surface area contributed by atoms with Crippen LogP contribution in [-0.4, -0.2) is 29.6 Å². The van der Waals surface area contributed by atoms with Crippen molar-refractivity contribution in [3.8, 4) is 11.1 Å². The molecule has 0 saturated heterocycles. The molecule has 2 N–H and O–H groups in total. The molecule has 0 radical (unpaired) electrons. The maximum Gasteiger partial charge on any atom is 0.341 e. The summed E-state index contributed by atoms with van der Waals surface area (Å²) in [6, 6.07) is 15.6. The van der Waals surface area contributed by atoms with Crippen molar-refractivity contribution >= 4 is 51.6 Å². The molecule has 1 fully saturated rings. The molecule has 0 spiro atoms. The molecule has 1 aromatic heterocycles. The first-order valence-corrected chi connectivity index (χ1v) is 15.4. The number of anilines is 2. The van der Waals surface area contributed by atoms with Gasteiger partial charge in [-0.3, -0.25) is 9.59 Å². The van der Waals surface area contributed by atoms with Crippen LogP contribution in [0.25, 0.3) is 11.1 Å². The molecule has 0 bridgehead atoms. The first-order valence-electron chi connectivity index (χ1n) is 13.6. The number of carbonyl (C=O) groups is 3.